The summed E-state index contributed by atoms with van der Waals surface area (Å²) >= 11 is 0. The van der Waals surface area contributed by atoms with E-state index in [1.807, 2.05) is 18.2 Å². The lowest BCUT2D eigenvalue weighted by Gasteiger charge is -2.31. The van der Waals surface area contributed by atoms with E-state index >= 15 is 0 Å². The van der Waals surface area contributed by atoms with Gasteiger partial charge in [-0.25, -0.2) is 0 Å². The minimum Gasteiger partial charge on any atom is -0.367 e. The number of carbonyl (C=O) groups is 1. The van der Waals surface area contributed by atoms with Crippen molar-refractivity contribution < 1.29 is 4.79 Å². The van der Waals surface area contributed by atoms with Gasteiger partial charge in [0.25, 0.3) is 5.91 Å². The molecule has 0 radical (unpaired) electrons. The topological polar surface area (TPSA) is 37.3 Å². The van der Waals surface area contributed by atoms with Gasteiger partial charge in [-0.2, -0.15) is 0 Å². The monoisotopic (exact) mass is 459 g/mol. The van der Waals surface area contributed by atoms with Crippen molar-refractivity contribution in [1.29, 1.82) is 0 Å². The molecule has 6 rings (SSSR count). The van der Waals surface area contributed by atoms with E-state index in [9.17, 15) is 4.79 Å². The predicted molar refractivity (Wildman–Crippen MR) is 145 cm³/mol. The molecule has 174 valence electrons. The molecule has 0 fully saturated rings. The van der Waals surface area contributed by atoms with Gasteiger partial charge in [-0.05, 0) is 73.4 Å². The van der Waals surface area contributed by atoms with Gasteiger partial charge in [0.1, 0.15) is 0 Å². The highest BCUT2D eigenvalue weighted by atomic mass is 16.1. The predicted octanol–water partition coefficient (Wildman–Crippen LogP) is 7.02. The number of nitrogens with zero attached hydrogens (tertiary/aromatic N) is 2. The van der Waals surface area contributed by atoms with E-state index in [0.717, 1.165) is 37.1 Å². The highest BCUT2D eigenvalue weighted by Crippen LogP contribution is 2.31. The van der Waals surface area contributed by atoms with Crippen LogP contribution >= 0.6 is 0 Å². The lowest BCUT2D eigenvalue weighted by atomic mass is 10.0. The standard InChI is InChI=1S/C31H29N3O/c1-2-34-29-12-6-4-10-26(29)27-20-25(17-18-30(27)34)32-31(35)24-15-13-22(14-16-24)21-33-19-7-9-23-8-3-5-11-28(23)33/h3-6,8,10-18,20H,2,7,9,19,21H2,1H3,(H,32,35). The normalized spacial score (nSPS) is 13.2. The molecule has 1 amide bonds. The van der Waals surface area contributed by atoms with Crippen LogP contribution in [0.25, 0.3) is 21.8 Å². The number of nitrogens with one attached hydrogen (secondary N) is 1. The van der Waals surface area contributed by atoms with Gasteiger partial charge in [0.05, 0.1) is 0 Å². The lowest BCUT2D eigenvalue weighted by molar-refractivity contribution is 0.102. The molecule has 0 saturated carbocycles. The second kappa shape index (κ2) is 8.95. The third kappa shape index (κ3) is 3.95. The third-order valence-electron chi connectivity index (χ3n) is 7.14. The smallest absolute Gasteiger partial charge is 0.255 e. The highest BCUT2D eigenvalue weighted by molar-refractivity contribution is 6.11. The molecule has 2 heterocycles. The Kier molecular flexibility index (Phi) is 5.49. The summed E-state index contributed by atoms with van der Waals surface area (Å²) in [5.74, 6) is -0.0848. The summed E-state index contributed by atoms with van der Waals surface area (Å²) in [5, 5.41) is 5.47. The summed E-state index contributed by atoms with van der Waals surface area (Å²) in [4.78, 5) is 15.5. The van der Waals surface area contributed by atoms with E-state index < -0.39 is 0 Å². The van der Waals surface area contributed by atoms with Crippen LogP contribution in [-0.4, -0.2) is 17.0 Å². The van der Waals surface area contributed by atoms with Crippen LogP contribution in [0.15, 0.2) is 91.0 Å². The fraction of sp³-hybridized carbons (Fsp3) is 0.194. The van der Waals surface area contributed by atoms with Crippen molar-refractivity contribution in [2.45, 2.75) is 32.9 Å². The maximum absolute atomic E-state index is 13.0. The number of rotatable bonds is 5. The van der Waals surface area contributed by atoms with Crippen molar-refractivity contribution in [3.05, 3.63) is 108 Å². The van der Waals surface area contributed by atoms with Crippen LogP contribution < -0.4 is 10.2 Å². The maximum atomic E-state index is 13.0. The summed E-state index contributed by atoms with van der Waals surface area (Å²) in [6.07, 6.45) is 2.33. The van der Waals surface area contributed by atoms with Crippen LogP contribution in [0, 0.1) is 0 Å². The van der Waals surface area contributed by atoms with Gasteiger partial charge in [-0.1, -0.05) is 48.5 Å². The number of amides is 1. The molecule has 1 aromatic heterocycles. The minimum absolute atomic E-state index is 0.0848. The third-order valence-corrected chi connectivity index (χ3v) is 7.14. The summed E-state index contributed by atoms with van der Waals surface area (Å²) in [6.45, 7) is 4.99. The molecule has 35 heavy (non-hydrogen) atoms. The van der Waals surface area contributed by atoms with Crippen molar-refractivity contribution in [1.82, 2.24) is 4.57 Å². The molecular formula is C31H29N3O. The number of anilines is 2. The van der Waals surface area contributed by atoms with Crippen LogP contribution in [0.4, 0.5) is 11.4 Å². The van der Waals surface area contributed by atoms with Gasteiger partial charge in [0, 0.05) is 58.4 Å². The van der Waals surface area contributed by atoms with Gasteiger partial charge < -0.3 is 14.8 Å². The number of benzene rings is 4. The molecule has 5 aromatic rings. The van der Waals surface area contributed by atoms with Gasteiger partial charge in [-0.3, -0.25) is 4.79 Å². The quantitative estimate of drug-likeness (QED) is 0.307. The van der Waals surface area contributed by atoms with Crippen molar-refractivity contribution in [2.75, 3.05) is 16.8 Å². The lowest BCUT2D eigenvalue weighted by Crippen LogP contribution is -2.28. The van der Waals surface area contributed by atoms with E-state index in [4.69, 9.17) is 0 Å². The average molecular weight is 460 g/mol. The first-order valence-electron chi connectivity index (χ1n) is 12.5. The summed E-state index contributed by atoms with van der Waals surface area (Å²) in [5.41, 5.74) is 7.87. The molecule has 0 spiro atoms. The zero-order valence-electron chi connectivity index (χ0n) is 20.0. The maximum Gasteiger partial charge on any atom is 0.255 e. The molecule has 0 bridgehead atoms. The van der Waals surface area contributed by atoms with Crippen LogP contribution in [0.5, 0.6) is 0 Å². The number of para-hydroxylation sites is 2. The first kappa shape index (κ1) is 21.5. The Hall–Kier alpha value is -4.05. The van der Waals surface area contributed by atoms with Crippen molar-refractivity contribution in [3.8, 4) is 0 Å². The fourth-order valence-corrected chi connectivity index (χ4v) is 5.43. The molecule has 0 aliphatic carbocycles. The number of hydrogen-bond acceptors (Lipinski definition) is 2. The molecule has 4 aromatic carbocycles. The summed E-state index contributed by atoms with van der Waals surface area (Å²) < 4.78 is 2.32. The zero-order chi connectivity index (χ0) is 23.8. The number of carbonyl (C=O) groups excluding carboxylic acids is 1. The van der Waals surface area contributed by atoms with Crippen molar-refractivity contribution in [2.24, 2.45) is 0 Å². The number of aromatic nitrogens is 1. The first-order valence-corrected chi connectivity index (χ1v) is 12.5. The molecule has 0 unspecified atom stereocenters. The number of aryl methyl sites for hydroxylation is 2. The van der Waals surface area contributed by atoms with Crippen LogP contribution in [0.2, 0.25) is 0 Å². The Bertz CT molecular complexity index is 1530. The summed E-state index contributed by atoms with van der Waals surface area (Å²) in [6, 6.07) is 31.3. The molecular weight excluding hydrogens is 430 g/mol. The van der Waals surface area contributed by atoms with Gasteiger partial charge in [0.15, 0.2) is 0 Å². The Labute approximate surface area is 205 Å². The van der Waals surface area contributed by atoms with E-state index in [-0.39, 0.29) is 5.91 Å². The van der Waals surface area contributed by atoms with E-state index in [2.05, 4.69) is 94.5 Å². The molecule has 1 N–H and O–H groups in total. The van der Waals surface area contributed by atoms with E-state index in [0.29, 0.717) is 5.56 Å². The molecule has 1 aliphatic heterocycles. The zero-order valence-corrected chi connectivity index (χ0v) is 20.0. The Morgan fingerprint density at radius 1 is 0.857 bits per heavy atom. The Balaban J connectivity index is 1.20. The van der Waals surface area contributed by atoms with Gasteiger partial charge >= 0.3 is 0 Å². The second-order valence-electron chi connectivity index (χ2n) is 9.30. The average Bonchev–Trinajstić information content (AvgIpc) is 3.22. The van der Waals surface area contributed by atoms with E-state index in [1.165, 1.54) is 39.7 Å². The largest absolute Gasteiger partial charge is 0.367 e. The van der Waals surface area contributed by atoms with Crippen LogP contribution in [0.3, 0.4) is 0 Å². The SMILES string of the molecule is CCn1c2ccccc2c2cc(NC(=O)c3ccc(CN4CCCc5ccccc54)cc3)ccc21. The molecule has 4 heteroatoms. The van der Waals surface area contributed by atoms with E-state index in [1.54, 1.807) is 0 Å². The van der Waals surface area contributed by atoms with Gasteiger partial charge in [0.2, 0.25) is 0 Å². The minimum atomic E-state index is -0.0848. The molecule has 0 saturated heterocycles. The first-order chi connectivity index (χ1) is 17.2. The van der Waals surface area contributed by atoms with Crippen molar-refractivity contribution in [3.63, 3.8) is 0 Å². The Morgan fingerprint density at radius 3 is 2.49 bits per heavy atom. The van der Waals surface area contributed by atoms with Crippen molar-refractivity contribution >= 4 is 39.1 Å². The fourth-order valence-electron chi connectivity index (χ4n) is 5.43. The van der Waals surface area contributed by atoms with Crippen LogP contribution in [-0.2, 0) is 19.5 Å². The molecule has 4 nitrogen and oxygen atoms in total. The molecule has 1 aliphatic rings. The molecule has 0 atom stereocenters. The summed E-state index contributed by atoms with van der Waals surface area (Å²) in [7, 11) is 0. The Morgan fingerprint density at radius 2 is 1.63 bits per heavy atom. The van der Waals surface area contributed by atoms with Gasteiger partial charge in [-0.15, -0.1) is 0 Å². The number of hydrogen-bond donors (Lipinski definition) is 1. The highest BCUT2D eigenvalue weighted by Gasteiger charge is 2.17. The second-order valence-corrected chi connectivity index (χ2v) is 9.30. The number of fused-ring (bicyclic) bond motifs is 4. The van der Waals surface area contributed by atoms with Crippen LogP contribution in [0.1, 0.15) is 34.8 Å².